The Kier molecular flexibility index (Phi) is 5.55. The van der Waals surface area contributed by atoms with Gasteiger partial charge in [-0.1, -0.05) is 37.8 Å². The minimum atomic E-state index is -0.507. The fourth-order valence-electron chi connectivity index (χ4n) is 3.04. The highest BCUT2D eigenvalue weighted by atomic mass is 16.5. The summed E-state index contributed by atoms with van der Waals surface area (Å²) in [6.45, 7) is 11.9. The van der Waals surface area contributed by atoms with Crippen molar-refractivity contribution in [3.63, 3.8) is 0 Å². The molecule has 0 amide bonds. The Balaban J connectivity index is 2.12. The number of benzene rings is 2. The second kappa shape index (κ2) is 7.89. The van der Waals surface area contributed by atoms with Crippen LogP contribution in [0.2, 0.25) is 0 Å². The molecule has 2 aromatic carbocycles. The molecule has 0 fully saturated rings. The number of carbonyl (C=O) groups excluding carboxylic acids is 1. The molecule has 3 rings (SSSR count). The zero-order chi connectivity index (χ0) is 20.3. The fraction of sp³-hybridized carbons (Fsp3) is 0.240. The highest BCUT2D eigenvalue weighted by molar-refractivity contribution is 6.05. The number of hydrogen-bond donors (Lipinski definition) is 0. The van der Waals surface area contributed by atoms with Gasteiger partial charge in [-0.3, -0.25) is 4.79 Å². The molecule has 28 heavy (non-hydrogen) atoms. The van der Waals surface area contributed by atoms with Crippen molar-refractivity contribution < 1.29 is 13.9 Å². The molecule has 0 aliphatic rings. The second-order valence-corrected chi connectivity index (χ2v) is 7.23. The van der Waals surface area contributed by atoms with Gasteiger partial charge in [-0.25, -0.2) is 0 Å². The van der Waals surface area contributed by atoms with E-state index in [1.165, 1.54) is 0 Å². The monoisotopic (exact) mass is 374 g/mol. The largest absolute Gasteiger partial charge is 0.483 e. The lowest BCUT2D eigenvalue weighted by Crippen LogP contribution is -2.32. The van der Waals surface area contributed by atoms with Crippen molar-refractivity contribution >= 4 is 16.8 Å². The molecule has 0 spiro atoms. The predicted octanol–water partition coefficient (Wildman–Crippen LogP) is 6.98. The molecular weight excluding hydrogens is 348 g/mol. The Morgan fingerprint density at radius 3 is 2.61 bits per heavy atom. The van der Waals surface area contributed by atoms with E-state index in [1.54, 1.807) is 18.2 Å². The van der Waals surface area contributed by atoms with Gasteiger partial charge in [-0.15, -0.1) is 0 Å². The quantitative estimate of drug-likeness (QED) is 0.254. The van der Waals surface area contributed by atoms with Gasteiger partial charge in [0.1, 0.15) is 22.7 Å². The number of para-hydroxylation sites is 1. The number of rotatable bonds is 7. The number of carbonyl (C=O) groups is 1. The van der Waals surface area contributed by atoms with Crippen LogP contribution in [0.15, 0.2) is 77.3 Å². The molecule has 3 nitrogen and oxygen atoms in total. The number of ketones is 1. The molecule has 0 radical (unpaired) electrons. The summed E-state index contributed by atoms with van der Waals surface area (Å²) < 4.78 is 12.3. The van der Waals surface area contributed by atoms with Crippen molar-refractivity contribution in [2.45, 2.75) is 39.7 Å². The average molecular weight is 374 g/mol. The Morgan fingerprint density at radius 2 is 1.96 bits per heavy atom. The number of ether oxygens (including phenoxy) is 1. The van der Waals surface area contributed by atoms with Crippen molar-refractivity contribution in [1.82, 2.24) is 0 Å². The first-order valence-electron chi connectivity index (χ1n) is 9.52. The summed E-state index contributed by atoms with van der Waals surface area (Å²) in [5.41, 5.74) is 2.61. The van der Waals surface area contributed by atoms with E-state index in [4.69, 9.17) is 9.15 Å². The maximum Gasteiger partial charge on any atom is 0.185 e. The van der Waals surface area contributed by atoms with Gasteiger partial charge in [0.25, 0.3) is 0 Å². The van der Waals surface area contributed by atoms with Crippen molar-refractivity contribution in [2.75, 3.05) is 0 Å². The van der Waals surface area contributed by atoms with Crippen LogP contribution in [-0.2, 0) is 0 Å². The molecule has 0 aliphatic heterocycles. The maximum atomic E-state index is 12.5. The van der Waals surface area contributed by atoms with E-state index < -0.39 is 5.60 Å². The average Bonchev–Trinajstić information content (AvgIpc) is 3.12. The SMILES string of the molecule is C=C(C)C(C)(CC)Oc1cc(C(=O)/C=C/C)cc(-c2cc3ccccc3o2)c1. The molecule has 0 aliphatic carbocycles. The van der Waals surface area contributed by atoms with Crippen molar-refractivity contribution in [2.24, 2.45) is 0 Å². The summed E-state index contributed by atoms with van der Waals surface area (Å²) in [6.07, 6.45) is 4.06. The summed E-state index contributed by atoms with van der Waals surface area (Å²) in [5, 5.41) is 1.02. The van der Waals surface area contributed by atoms with Crippen LogP contribution in [0.1, 0.15) is 44.5 Å². The van der Waals surface area contributed by atoms with Crippen molar-refractivity contribution in [3.8, 4) is 17.1 Å². The lowest BCUT2D eigenvalue weighted by Gasteiger charge is -2.30. The van der Waals surface area contributed by atoms with Crippen molar-refractivity contribution in [1.29, 1.82) is 0 Å². The summed E-state index contributed by atoms with van der Waals surface area (Å²) in [5.74, 6) is 1.26. The first-order valence-corrected chi connectivity index (χ1v) is 9.52. The van der Waals surface area contributed by atoms with Gasteiger partial charge in [0.2, 0.25) is 0 Å². The smallest absolute Gasteiger partial charge is 0.185 e. The number of furan rings is 1. The molecule has 0 bridgehead atoms. The van der Waals surface area contributed by atoms with E-state index >= 15 is 0 Å². The van der Waals surface area contributed by atoms with Crippen LogP contribution in [0.25, 0.3) is 22.3 Å². The molecule has 144 valence electrons. The molecule has 1 atom stereocenters. The van der Waals surface area contributed by atoms with Gasteiger partial charge in [-0.05, 0) is 69.2 Å². The fourth-order valence-corrected chi connectivity index (χ4v) is 3.04. The highest BCUT2D eigenvalue weighted by Crippen LogP contribution is 2.34. The van der Waals surface area contributed by atoms with Gasteiger partial charge in [0, 0.05) is 16.5 Å². The van der Waals surface area contributed by atoms with E-state index in [0.29, 0.717) is 17.1 Å². The van der Waals surface area contributed by atoms with Gasteiger partial charge < -0.3 is 9.15 Å². The van der Waals surface area contributed by atoms with Gasteiger partial charge in [0.05, 0.1) is 0 Å². The molecule has 0 saturated carbocycles. The van der Waals surface area contributed by atoms with E-state index in [-0.39, 0.29) is 5.78 Å². The van der Waals surface area contributed by atoms with Crippen LogP contribution in [0.5, 0.6) is 5.75 Å². The van der Waals surface area contributed by atoms with Crippen LogP contribution in [-0.4, -0.2) is 11.4 Å². The van der Waals surface area contributed by atoms with E-state index in [1.807, 2.05) is 63.2 Å². The van der Waals surface area contributed by atoms with Crippen LogP contribution < -0.4 is 4.74 Å². The molecule has 1 unspecified atom stereocenters. The predicted molar refractivity (Wildman–Crippen MR) is 115 cm³/mol. The molecule has 1 heterocycles. The summed E-state index contributed by atoms with van der Waals surface area (Å²) in [4.78, 5) is 12.5. The minimum absolute atomic E-state index is 0.0705. The Hall–Kier alpha value is -3.07. The topological polar surface area (TPSA) is 39.4 Å². The van der Waals surface area contributed by atoms with E-state index in [2.05, 4.69) is 13.5 Å². The Labute approximate surface area is 166 Å². The zero-order valence-corrected chi connectivity index (χ0v) is 16.9. The number of hydrogen-bond acceptors (Lipinski definition) is 3. The van der Waals surface area contributed by atoms with E-state index in [9.17, 15) is 4.79 Å². The molecule has 3 aromatic rings. The molecule has 0 saturated heterocycles. The second-order valence-electron chi connectivity index (χ2n) is 7.23. The lowest BCUT2D eigenvalue weighted by atomic mass is 9.95. The Morgan fingerprint density at radius 1 is 1.21 bits per heavy atom. The number of allylic oxidation sites excluding steroid dienone is 2. The lowest BCUT2D eigenvalue weighted by molar-refractivity contribution is 0.104. The van der Waals surface area contributed by atoms with Crippen LogP contribution in [0, 0.1) is 0 Å². The molecule has 0 N–H and O–H groups in total. The highest BCUT2D eigenvalue weighted by Gasteiger charge is 2.26. The van der Waals surface area contributed by atoms with E-state index in [0.717, 1.165) is 28.5 Å². The van der Waals surface area contributed by atoms with Crippen LogP contribution in [0.3, 0.4) is 0 Å². The summed E-state index contributed by atoms with van der Waals surface area (Å²) in [7, 11) is 0. The third-order valence-electron chi connectivity index (χ3n) is 5.14. The Bertz CT molecular complexity index is 1020. The molecule has 3 heteroatoms. The first-order chi connectivity index (χ1) is 13.4. The minimum Gasteiger partial charge on any atom is -0.483 e. The van der Waals surface area contributed by atoms with Crippen LogP contribution in [0.4, 0.5) is 0 Å². The van der Waals surface area contributed by atoms with Gasteiger partial charge in [0.15, 0.2) is 5.78 Å². The normalized spacial score (nSPS) is 13.6. The van der Waals surface area contributed by atoms with Gasteiger partial charge in [-0.2, -0.15) is 0 Å². The first kappa shape index (κ1) is 19.7. The summed E-state index contributed by atoms with van der Waals surface area (Å²) in [6, 6.07) is 15.4. The molecular formula is C25H26O3. The van der Waals surface area contributed by atoms with Crippen LogP contribution >= 0.6 is 0 Å². The third-order valence-corrected chi connectivity index (χ3v) is 5.14. The zero-order valence-electron chi connectivity index (χ0n) is 16.9. The number of fused-ring (bicyclic) bond motifs is 1. The summed E-state index contributed by atoms with van der Waals surface area (Å²) >= 11 is 0. The third kappa shape index (κ3) is 3.94. The van der Waals surface area contributed by atoms with Gasteiger partial charge >= 0.3 is 0 Å². The molecule has 1 aromatic heterocycles. The maximum absolute atomic E-state index is 12.5. The standard InChI is InChI=1S/C25H26O3/c1-6-10-22(26)19-13-20(24-16-18-11-8-9-12-23(18)27-24)15-21(14-19)28-25(5,7-2)17(3)4/h6,8-16H,3,7H2,1-2,4-5H3/b10-6+. The van der Waals surface area contributed by atoms with Crippen molar-refractivity contribution in [3.05, 3.63) is 78.4 Å².